The molecule has 0 radical (unpaired) electrons. The molecule has 0 bridgehead atoms. The number of nitrogens with one attached hydrogen (secondary N) is 1. The zero-order chi connectivity index (χ0) is 14.3. The lowest BCUT2D eigenvalue weighted by atomic mass is 9.92. The molecule has 0 spiro atoms. The van der Waals surface area contributed by atoms with Gasteiger partial charge in [-0.3, -0.25) is 0 Å². The Morgan fingerprint density at radius 1 is 1.21 bits per heavy atom. The molecule has 2 unspecified atom stereocenters. The van der Waals surface area contributed by atoms with Crippen molar-refractivity contribution in [2.75, 3.05) is 6.54 Å². The maximum Gasteiger partial charge on any atom is 0.0334 e. The lowest BCUT2D eigenvalue weighted by Gasteiger charge is -2.24. The minimum absolute atomic E-state index is 0.468. The zero-order valence-electron chi connectivity index (χ0n) is 12.8. The van der Waals surface area contributed by atoms with E-state index >= 15 is 0 Å². The maximum atomic E-state index is 3.76. The third-order valence-electron chi connectivity index (χ3n) is 3.66. The standard InChI is InChI=1S/C17H28BrN/c1-5-8-13(3)12-16(19-11-6-2)15-10-7-9-14(4)17(15)18/h7,9-10,13,16,19H,5-6,8,11-12H2,1-4H3. The molecule has 2 heteroatoms. The Balaban J connectivity index is 2.85. The number of hydrogen-bond acceptors (Lipinski definition) is 1. The van der Waals surface area contributed by atoms with E-state index < -0.39 is 0 Å². The molecule has 0 aliphatic rings. The smallest absolute Gasteiger partial charge is 0.0334 e. The Hall–Kier alpha value is -0.340. The van der Waals surface area contributed by atoms with Crippen LogP contribution in [0.1, 0.15) is 63.6 Å². The van der Waals surface area contributed by atoms with E-state index in [0.717, 1.165) is 12.5 Å². The fourth-order valence-electron chi connectivity index (χ4n) is 2.59. The summed E-state index contributed by atoms with van der Waals surface area (Å²) in [5, 5.41) is 3.71. The molecule has 1 N–H and O–H groups in total. The molecule has 0 aliphatic heterocycles. The minimum Gasteiger partial charge on any atom is -0.310 e. The number of halogens is 1. The highest BCUT2D eigenvalue weighted by Gasteiger charge is 2.17. The van der Waals surface area contributed by atoms with Gasteiger partial charge in [-0.05, 0) is 43.4 Å². The highest BCUT2D eigenvalue weighted by Crippen LogP contribution is 2.31. The molecule has 108 valence electrons. The summed E-state index contributed by atoms with van der Waals surface area (Å²) < 4.78 is 1.27. The molecule has 1 rings (SSSR count). The van der Waals surface area contributed by atoms with Crippen molar-refractivity contribution in [3.05, 3.63) is 33.8 Å². The van der Waals surface area contributed by atoms with Crippen LogP contribution in [-0.4, -0.2) is 6.54 Å². The summed E-state index contributed by atoms with van der Waals surface area (Å²) in [6.07, 6.45) is 4.99. The van der Waals surface area contributed by atoms with Crippen molar-refractivity contribution in [1.29, 1.82) is 0 Å². The predicted octanol–water partition coefficient (Wildman–Crippen LogP) is 5.62. The quantitative estimate of drug-likeness (QED) is 0.653. The van der Waals surface area contributed by atoms with Gasteiger partial charge in [0.2, 0.25) is 0 Å². The Morgan fingerprint density at radius 2 is 1.95 bits per heavy atom. The molecule has 0 aliphatic carbocycles. The lowest BCUT2D eigenvalue weighted by Crippen LogP contribution is -2.24. The van der Waals surface area contributed by atoms with E-state index in [2.05, 4.69) is 67.1 Å². The highest BCUT2D eigenvalue weighted by atomic mass is 79.9. The van der Waals surface area contributed by atoms with Crippen LogP contribution in [0.3, 0.4) is 0 Å². The van der Waals surface area contributed by atoms with Crippen LogP contribution in [0.25, 0.3) is 0 Å². The number of rotatable bonds is 8. The number of hydrogen-bond donors (Lipinski definition) is 1. The molecule has 0 aromatic heterocycles. The minimum atomic E-state index is 0.468. The van der Waals surface area contributed by atoms with Crippen LogP contribution in [0.15, 0.2) is 22.7 Å². The van der Waals surface area contributed by atoms with E-state index in [-0.39, 0.29) is 0 Å². The molecule has 0 heterocycles. The molecular weight excluding hydrogens is 298 g/mol. The second-order valence-electron chi connectivity index (χ2n) is 5.61. The van der Waals surface area contributed by atoms with E-state index in [9.17, 15) is 0 Å². The fourth-order valence-corrected chi connectivity index (χ4v) is 3.13. The molecule has 0 saturated carbocycles. The lowest BCUT2D eigenvalue weighted by molar-refractivity contribution is 0.389. The summed E-state index contributed by atoms with van der Waals surface area (Å²) >= 11 is 3.76. The summed E-state index contributed by atoms with van der Waals surface area (Å²) in [6.45, 7) is 10.1. The predicted molar refractivity (Wildman–Crippen MR) is 88.6 cm³/mol. The fraction of sp³-hybridized carbons (Fsp3) is 0.647. The van der Waals surface area contributed by atoms with Gasteiger partial charge in [0.15, 0.2) is 0 Å². The first kappa shape index (κ1) is 16.7. The molecule has 19 heavy (non-hydrogen) atoms. The summed E-state index contributed by atoms with van der Waals surface area (Å²) in [5.41, 5.74) is 2.74. The average molecular weight is 326 g/mol. The van der Waals surface area contributed by atoms with Crippen molar-refractivity contribution in [1.82, 2.24) is 5.32 Å². The van der Waals surface area contributed by atoms with Gasteiger partial charge in [0.25, 0.3) is 0 Å². The SMILES string of the molecule is CCCNC(CC(C)CCC)c1cccc(C)c1Br. The van der Waals surface area contributed by atoms with Gasteiger partial charge < -0.3 is 5.32 Å². The molecule has 0 amide bonds. The van der Waals surface area contributed by atoms with Crippen LogP contribution in [-0.2, 0) is 0 Å². The van der Waals surface area contributed by atoms with Gasteiger partial charge in [-0.25, -0.2) is 0 Å². The van der Waals surface area contributed by atoms with E-state index in [1.165, 1.54) is 41.3 Å². The van der Waals surface area contributed by atoms with E-state index in [4.69, 9.17) is 0 Å². The average Bonchev–Trinajstić information content (AvgIpc) is 2.38. The molecule has 0 saturated heterocycles. The number of benzene rings is 1. The summed E-state index contributed by atoms with van der Waals surface area (Å²) in [5.74, 6) is 0.770. The molecule has 2 atom stereocenters. The summed E-state index contributed by atoms with van der Waals surface area (Å²) in [4.78, 5) is 0. The first-order valence-electron chi connectivity index (χ1n) is 7.58. The largest absolute Gasteiger partial charge is 0.310 e. The van der Waals surface area contributed by atoms with Crippen molar-refractivity contribution >= 4 is 15.9 Å². The molecular formula is C17H28BrN. The van der Waals surface area contributed by atoms with Crippen molar-refractivity contribution in [3.8, 4) is 0 Å². The van der Waals surface area contributed by atoms with Crippen LogP contribution in [0.4, 0.5) is 0 Å². The second-order valence-corrected chi connectivity index (χ2v) is 6.41. The van der Waals surface area contributed by atoms with Gasteiger partial charge in [-0.2, -0.15) is 0 Å². The Bertz CT molecular complexity index is 376. The molecule has 1 aromatic rings. The normalized spacial score (nSPS) is 14.4. The van der Waals surface area contributed by atoms with Crippen molar-refractivity contribution in [2.24, 2.45) is 5.92 Å². The van der Waals surface area contributed by atoms with E-state index in [0.29, 0.717) is 6.04 Å². The summed E-state index contributed by atoms with van der Waals surface area (Å²) in [7, 11) is 0. The van der Waals surface area contributed by atoms with Gasteiger partial charge in [-0.15, -0.1) is 0 Å². The van der Waals surface area contributed by atoms with Gasteiger partial charge in [0, 0.05) is 10.5 Å². The van der Waals surface area contributed by atoms with Gasteiger partial charge in [-0.1, -0.05) is 67.7 Å². The van der Waals surface area contributed by atoms with Crippen LogP contribution in [0.2, 0.25) is 0 Å². The van der Waals surface area contributed by atoms with E-state index in [1.807, 2.05) is 0 Å². The van der Waals surface area contributed by atoms with Crippen LogP contribution >= 0.6 is 15.9 Å². The second kappa shape index (κ2) is 8.76. The van der Waals surface area contributed by atoms with Gasteiger partial charge in [0.05, 0.1) is 0 Å². The van der Waals surface area contributed by atoms with Crippen LogP contribution < -0.4 is 5.32 Å². The van der Waals surface area contributed by atoms with Crippen molar-refractivity contribution in [2.45, 2.75) is 59.4 Å². The first-order valence-corrected chi connectivity index (χ1v) is 8.37. The maximum absolute atomic E-state index is 3.76. The van der Waals surface area contributed by atoms with Crippen LogP contribution in [0.5, 0.6) is 0 Å². The molecule has 1 aromatic carbocycles. The third-order valence-corrected chi connectivity index (χ3v) is 4.74. The third kappa shape index (κ3) is 5.27. The molecule has 0 fully saturated rings. The van der Waals surface area contributed by atoms with Crippen LogP contribution in [0, 0.1) is 12.8 Å². The number of aryl methyl sites for hydroxylation is 1. The highest BCUT2D eigenvalue weighted by molar-refractivity contribution is 9.10. The van der Waals surface area contributed by atoms with Crippen molar-refractivity contribution in [3.63, 3.8) is 0 Å². The van der Waals surface area contributed by atoms with Gasteiger partial charge >= 0.3 is 0 Å². The molecule has 1 nitrogen and oxygen atoms in total. The Kier molecular flexibility index (Phi) is 7.70. The van der Waals surface area contributed by atoms with E-state index in [1.54, 1.807) is 0 Å². The Labute approximate surface area is 127 Å². The van der Waals surface area contributed by atoms with Gasteiger partial charge in [0.1, 0.15) is 0 Å². The monoisotopic (exact) mass is 325 g/mol. The zero-order valence-corrected chi connectivity index (χ0v) is 14.4. The van der Waals surface area contributed by atoms with Crippen molar-refractivity contribution < 1.29 is 0 Å². The summed E-state index contributed by atoms with van der Waals surface area (Å²) in [6, 6.07) is 7.06. The first-order chi connectivity index (χ1) is 9.10. The topological polar surface area (TPSA) is 12.0 Å². The Morgan fingerprint density at radius 3 is 2.58 bits per heavy atom.